The number of hydrogen-bond acceptors (Lipinski definition) is 3. The maximum Gasteiger partial charge on any atom is 0.315 e. The van der Waals surface area contributed by atoms with Crippen LogP contribution in [0.1, 0.15) is 24.4 Å². The molecule has 2 aromatic rings. The zero-order valence-electron chi connectivity index (χ0n) is 12.7. The van der Waals surface area contributed by atoms with Crippen LogP contribution in [0.4, 0.5) is 5.82 Å². The van der Waals surface area contributed by atoms with Crippen LogP contribution in [0, 0.1) is 0 Å². The van der Waals surface area contributed by atoms with Gasteiger partial charge in [0.15, 0.2) is 5.82 Å². The van der Waals surface area contributed by atoms with Crippen molar-refractivity contribution in [2.24, 2.45) is 7.05 Å². The van der Waals surface area contributed by atoms with Gasteiger partial charge in [-0.05, 0) is 30.5 Å². The van der Waals surface area contributed by atoms with E-state index in [2.05, 4.69) is 10.4 Å². The summed E-state index contributed by atoms with van der Waals surface area (Å²) in [6.45, 7) is 0.561. The highest BCUT2D eigenvalue weighted by atomic mass is 35.5. The third kappa shape index (κ3) is 3.37. The van der Waals surface area contributed by atoms with Crippen molar-refractivity contribution in [1.82, 2.24) is 14.7 Å². The lowest BCUT2D eigenvalue weighted by Crippen LogP contribution is -2.39. The van der Waals surface area contributed by atoms with E-state index in [9.17, 15) is 9.59 Å². The van der Waals surface area contributed by atoms with E-state index in [1.165, 1.54) is 0 Å². The Kier molecular flexibility index (Phi) is 4.34. The van der Waals surface area contributed by atoms with Crippen molar-refractivity contribution in [3.63, 3.8) is 0 Å². The molecule has 1 saturated heterocycles. The maximum atomic E-state index is 12.5. The molecule has 1 aromatic carbocycles. The van der Waals surface area contributed by atoms with Gasteiger partial charge < -0.3 is 10.2 Å². The average molecular weight is 333 g/mol. The number of aryl methyl sites for hydroxylation is 1. The van der Waals surface area contributed by atoms with E-state index in [-0.39, 0.29) is 6.04 Å². The van der Waals surface area contributed by atoms with Crippen molar-refractivity contribution < 1.29 is 9.59 Å². The number of hydrogen-bond donors (Lipinski definition) is 1. The Hall–Kier alpha value is -2.34. The van der Waals surface area contributed by atoms with Gasteiger partial charge in [-0.3, -0.25) is 14.3 Å². The zero-order valence-corrected chi connectivity index (χ0v) is 13.5. The molecule has 0 bridgehead atoms. The molecule has 7 heteroatoms. The highest BCUT2D eigenvalue weighted by Gasteiger charge is 2.33. The van der Waals surface area contributed by atoms with Crippen molar-refractivity contribution in [2.45, 2.75) is 18.9 Å². The van der Waals surface area contributed by atoms with Crippen LogP contribution in [0.2, 0.25) is 5.02 Å². The first-order chi connectivity index (χ1) is 11.0. The number of carbonyl (C=O) groups excluding carboxylic acids is 2. The summed E-state index contributed by atoms with van der Waals surface area (Å²) in [5.74, 6) is -0.847. The van der Waals surface area contributed by atoms with E-state index in [1.54, 1.807) is 35.0 Å². The minimum absolute atomic E-state index is 0.115. The van der Waals surface area contributed by atoms with E-state index in [0.29, 0.717) is 17.4 Å². The third-order valence-corrected chi connectivity index (χ3v) is 4.13. The second-order valence-corrected chi connectivity index (χ2v) is 5.98. The fourth-order valence-electron chi connectivity index (χ4n) is 2.85. The Morgan fingerprint density at radius 2 is 2.17 bits per heavy atom. The third-order valence-electron chi connectivity index (χ3n) is 3.90. The summed E-state index contributed by atoms with van der Waals surface area (Å²) >= 11 is 6.03. The topological polar surface area (TPSA) is 67.2 Å². The minimum Gasteiger partial charge on any atom is -0.327 e. The molecular weight excluding hydrogens is 316 g/mol. The quantitative estimate of drug-likeness (QED) is 0.859. The monoisotopic (exact) mass is 332 g/mol. The fraction of sp³-hybridized carbons (Fsp3) is 0.312. The van der Waals surface area contributed by atoms with Gasteiger partial charge in [-0.25, -0.2) is 0 Å². The number of carbonyl (C=O) groups is 2. The molecule has 6 nitrogen and oxygen atoms in total. The van der Waals surface area contributed by atoms with Crippen LogP contribution < -0.4 is 5.32 Å². The lowest BCUT2D eigenvalue weighted by atomic mass is 10.0. The molecule has 1 fully saturated rings. The number of rotatable bonds is 2. The van der Waals surface area contributed by atoms with E-state index >= 15 is 0 Å². The molecule has 1 aliphatic rings. The Morgan fingerprint density at radius 3 is 2.87 bits per heavy atom. The van der Waals surface area contributed by atoms with Crippen molar-refractivity contribution in [3.8, 4) is 0 Å². The molecule has 0 saturated carbocycles. The lowest BCUT2D eigenvalue weighted by molar-refractivity contribution is -0.143. The van der Waals surface area contributed by atoms with Gasteiger partial charge in [0.05, 0.1) is 6.04 Å². The molecule has 1 aliphatic heterocycles. The van der Waals surface area contributed by atoms with Crippen LogP contribution in [0.25, 0.3) is 0 Å². The van der Waals surface area contributed by atoms with Gasteiger partial charge >= 0.3 is 11.8 Å². The molecule has 2 heterocycles. The summed E-state index contributed by atoms with van der Waals surface area (Å²) < 4.78 is 1.56. The molecule has 2 amide bonds. The summed E-state index contributed by atoms with van der Waals surface area (Å²) in [7, 11) is 1.74. The summed E-state index contributed by atoms with van der Waals surface area (Å²) in [4.78, 5) is 26.2. The first-order valence-electron chi connectivity index (χ1n) is 7.41. The number of nitrogens with zero attached hydrogens (tertiary/aromatic N) is 3. The van der Waals surface area contributed by atoms with Crippen molar-refractivity contribution in [1.29, 1.82) is 0 Å². The molecule has 0 radical (unpaired) electrons. The van der Waals surface area contributed by atoms with E-state index in [1.807, 2.05) is 18.2 Å². The van der Waals surface area contributed by atoms with Crippen molar-refractivity contribution in [3.05, 3.63) is 47.1 Å². The first kappa shape index (κ1) is 15.6. The van der Waals surface area contributed by atoms with Crippen molar-refractivity contribution in [2.75, 3.05) is 11.9 Å². The Bertz CT molecular complexity index is 743. The summed E-state index contributed by atoms with van der Waals surface area (Å²) in [5.41, 5.74) is 0.953. The van der Waals surface area contributed by atoms with Gasteiger partial charge in [-0.15, -0.1) is 0 Å². The molecule has 0 spiro atoms. The molecule has 3 rings (SSSR count). The second kappa shape index (κ2) is 6.42. The largest absolute Gasteiger partial charge is 0.327 e. The van der Waals surface area contributed by atoms with Gasteiger partial charge in [-0.1, -0.05) is 23.7 Å². The average Bonchev–Trinajstić information content (AvgIpc) is 3.15. The smallest absolute Gasteiger partial charge is 0.315 e. The number of benzene rings is 1. The van der Waals surface area contributed by atoms with Gasteiger partial charge in [0.25, 0.3) is 0 Å². The fourth-order valence-corrected chi connectivity index (χ4v) is 3.05. The van der Waals surface area contributed by atoms with Gasteiger partial charge in [-0.2, -0.15) is 5.10 Å². The van der Waals surface area contributed by atoms with E-state index in [0.717, 1.165) is 18.4 Å². The summed E-state index contributed by atoms with van der Waals surface area (Å²) in [6.07, 6.45) is 3.38. The van der Waals surface area contributed by atoms with Crippen LogP contribution in [-0.4, -0.2) is 33.0 Å². The molecule has 0 unspecified atom stereocenters. The molecular formula is C16H17ClN4O2. The van der Waals surface area contributed by atoms with Crippen LogP contribution in [0.5, 0.6) is 0 Å². The molecule has 0 aliphatic carbocycles. The number of halogens is 1. The highest BCUT2D eigenvalue weighted by molar-refractivity contribution is 6.39. The van der Waals surface area contributed by atoms with Crippen LogP contribution in [0.15, 0.2) is 36.5 Å². The normalized spacial score (nSPS) is 17.3. The van der Waals surface area contributed by atoms with Crippen LogP contribution in [-0.2, 0) is 16.6 Å². The Balaban J connectivity index is 1.74. The summed E-state index contributed by atoms with van der Waals surface area (Å²) in [6, 6.07) is 8.94. The number of nitrogens with one attached hydrogen (secondary N) is 1. The Labute approximate surface area is 139 Å². The van der Waals surface area contributed by atoms with Crippen LogP contribution in [0.3, 0.4) is 0 Å². The standard InChI is InChI=1S/C16H17ClN4O2/c1-20-9-7-14(19-20)18-15(22)16(23)21-8-3-6-13(21)11-4-2-5-12(17)10-11/h2,4-5,7,9-10,13H,3,6,8H2,1H3,(H,18,19,22)/t13-/m1/s1. The summed E-state index contributed by atoms with van der Waals surface area (Å²) in [5, 5.41) is 7.20. The predicted molar refractivity (Wildman–Crippen MR) is 87.0 cm³/mol. The molecule has 1 atom stereocenters. The van der Waals surface area contributed by atoms with E-state index in [4.69, 9.17) is 11.6 Å². The molecule has 23 heavy (non-hydrogen) atoms. The maximum absolute atomic E-state index is 12.5. The number of amides is 2. The highest BCUT2D eigenvalue weighted by Crippen LogP contribution is 2.33. The number of anilines is 1. The van der Waals surface area contributed by atoms with Crippen molar-refractivity contribution >= 4 is 29.2 Å². The molecule has 1 aromatic heterocycles. The zero-order chi connectivity index (χ0) is 16.4. The molecule has 1 N–H and O–H groups in total. The SMILES string of the molecule is Cn1ccc(NC(=O)C(=O)N2CCC[C@@H]2c2cccc(Cl)c2)n1. The second-order valence-electron chi connectivity index (χ2n) is 5.54. The predicted octanol–water partition coefficient (Wildman–Crippen LogP) is 2.38. The molecule has 120 valence electrons. The van der Waals surface area contributed by atoms with Gasteiger partial charge in [0.1, 0.15) is 0 Å². The van der Waals surface area contributed by atoms with Crippen LogP contribution >= 0.6 is 11.6 Å². The Morgan fingerprint density at radius 1 is 1.35 bits per heavy atom. The number of likely N-dealkylation sites (tertiary alicyclic amines) is 1. The van der Waals surface area contributed by atoms with Gasteiger partial charge in [0, 0.05) is 30.9 Å². The lowest BCUT2D eigenvalue weighted by Gasteiger charge is -2.24. The van der Waals surface area contributed by atoms with Gasteiger partial charge in [0.2, 0.25) is 0 Å². The first-order valence-corrected chi connectivity index (χ1v) is 7.79. The minimum atomic E-state index is -0.669. The van der Waals surface area contributed by atoms with E-state index < -0.39 is 11.8 Å². The number of aromatic nitrogens is 2.